The van der Waals surface area contributed by atoms with Gasteiger partial charge in [0.15, 0.2) is 11.5 Å². The second kappa shape index (κ2) is 9.29. The maximum atomic E-state index is 13.3. The van der Waals surface area contributed by atoms with Crippen molar-refractivity contribution in [1.29, 1.82) is 0 Å². The van der Waals surface area contributed by atoms with Crippen molar-refractivity contribution in [2.24, 2.45) is 0 Å². The molecule has 2 aliphatic heterocycles. The first-order valence-corrected chi connectivity index (χ1v) is 11.6. The molecule has 2 aliphatic rings. The number of ether oxygens (including phenoxy) is 3. The average Bonchev–Trinajstić information content (AvgIpc) is 3.23. The van der Waals surface area contributed by atoms with E-state index < -0.39 is 5.92 Å². The molecule has 0 N–H and O–H groups in total. The van der Waals surface area contributed by atoms with Crippen molar-refractivity contribution >= 4 is 17.6 Å². The van der Waals surface area contributed by atoms with E-state index in [2.05, 4.69) is 6.07 Å². The Kier molecular flexibility index (Phi) is 6.03. The molecule has 0 radical (unpaired) electrons. The van der Waals surface area contributed by atoms with Gasteiger partial charge in [0.1, 0.15) is 13.2 Å². The van der Waals surface area contributed by atoms with Crippen LogP contribution in [0.1, 0.15) is 34.6 Å². The Balaban J connectivity index is 1.46. The third kappa shape index (κ3) is 4.39. The van der Waals surface area contributed by atoms with Gasteiger partial charge in [-0.25, -0.2) is 4.79 Å². The number of hydrogen-bond acceptors (Lipinski definition) is 5. The van der Waals surface area contributed by atoms with Crippen molar-refractivity contribution in [2.45, 2.75) is 32.8 Å². The average molecular weight is 470 g/mol. The summed E-state index contributed by atoms with van der Waals surface area (Å²) in [7, 11) is 1.58. The van der Waals surface area contributed by atoms with Gasteiger partial charge in [-0.1, -0.05) is 48.0 Å². The van der Waals surface area contributed by atoms with Gasteiger partial charge in [-0.3, -0.25) is 9.69 Å². The van der Waals surface area contributed by atoms with E-state index in [0.717, 1.165) is 22.4 Å². The van der Waals surface area contributed by atoms with E-state index in [1.807, 2.05) is 74.5 Å². The standard InChI is InChI=1S/C29H27NO5/c1-18-6-4-8-20(12-18)16-34-25-11-10-21(14-26(25)33-3)23-15-27(31)30(22-9-5-7-19(2)13-22)24-17-35-29(32)28(23)24/h4-14,23H,15-17H2,1-3H3. The van der Waals surface area contributed by atoms with Gasteiger partial charge in [0.05, 0.1) is 18.4 Å². The molecule has 0 aromatic heterocycles. The van der Waals surface area contributed by atoms with Crippen LogP contribution in [-0.2, 0) is 20.9 Å². The van der Waals surface area contributed by atoms with E-state index in [1.165, 1.54) is 5.56 Å². The summed E-state index contributed by atoms with van der Waals surface area (Å²) in [5.41, 5.74) is 5.97. The molecule has 6 nitrogen and oxygen atoms in total. The number of aryl methyl sites for hydroxylation is 2. The summed E-state index contributed by atoms with van der Waals surface area (Å²) in [5.74, 6) is 0.292. The number of amides is 1. The van der Waals surface area contributed by atoms with Gasteiger partial charge >= 0.3 is 5.97 Å². The zero-order valence-corrected chi connectivity index (χ0v) is 20.0. The van der Waals surface area contributed by atoms with Crippen LogP contribution < -0.4 is 14.4 Å². The summed E-state index contributed by atoms with van der Waals surface area (Å²) >= 11 is 0. The summed E-state index contributed by atoms with van der Waals surface area (Å²) in [4.78, 5) is 27.7. The molecular weight excluding hydrogens is 442 g/mol. The first kappa shape index (κ1) is 22.7. The quantitative estimate of drug-likeness (QED) is 0.463. The molecule has 0 aliphatic carbocycles. The SMILES string of the molecule is COc1cc(C2CC(=O)N(c3cccc(C)c3)C3=C2C(=O)OC3)ccc1OCc1cccc(C)c1. The van der Waals surface area contributed by atoms with Crippen molar-refractivity contribution in [1.82, 2.24) is 0 Å². The van der Waals surface area contributed by atoms with Crippen LogP contribution in [0.15, 0.2) is 78.0 Å². The van der Waals surface area contributed by atoms with Gasteiger partial charge < -0.3 is 14.2 Å². The summed E-state index contributed by atoms with van der Waals surface area (Å²) in [6.45, 7) is 4.51. The van der Waals surface area contributed by atoms with Crippen LogP contribution in [0.2, 0.25) is 0 Å². The third-order valence-electron chi connectivity index (χ3n) is 6.44. The first-order chi connectivity index (χ1) is 16.9. The fraction of sp³-hybridized carbons (Fsp3) is 0.241. The number of anilines is 1. The largest absolute Gasteiger partial charge is 0.493 e. The van der Waals surface area contributed by atoms with E-state index >= 15 is 0 Å². The molecule has 3 aromatic carbocycles. The molecule has 0 saturated carbocycles. The van der Waals surface area contributed by atoms with E-state index in [9.17, 15) is 9.59 Å². The van der Waals surface area contributed by atoms with Crippen molar-refractivity contribution in [3.63, 3.8) is 0 Å². The fourth-order valence-corrected chi connectivity index (χ4v) is 4.79. The molecule has 1 unspecified atom stereocenters. The lowest BCUT2D eigenvalue weighted by Crippen LogP contribution is -2.37. The lowest BCUT2D eigenvalue weighted by molar-refractivity contribution is -0.136. The molecule has 3 aromatic rings. The number of cyclic esters (lactones) is 1. The number of hydrogen-bond donors (Lipinski definition) is 0. The van der Waals surface area contributed by atoms with Crippen LogP contribution in [0.5, 0.6) is 11.5 Å². The van der Waals surface area contributed by atoms with E-state index in [1.54, 1.807) is 12.0 Å². The predicted octanol–water partition coefficient (Wildman–Crippen LogP) is 5.22. The van der Waals surface area contributed by atoms with E-state index in [0.29, 0.717) is 29.4 Å². The number of nitrogens with zero attached hydrogens (tertiary/aromatic N) is 1. The van der Waals surface area contributed by atoms with Crippen LogP contribution >= 0.6 is 0 Å². The highest BCUT2D eigenvalue weighted by Gasteiger charge is 2.43. The molecule has 2 heterocycles. The van der Waals surface area contributed by atoms with Crippen molar-refractivity contribution < 1.29 is 23.8 Å². The number of carbonyl (C=O) groups is 2. The smallest absolute Gasteiger partial charge is 0.336 e. The Morgan fingerprint density at radius 2 is 1.71 bits per heavy atom. The van der Waals surface area contributed by atoms with Gasteiger partial charge in [-0.2, -0.15) is 0 Å². The van der Waals surface area contributed by atoms with Gasteiger partial charge in [-0.15, -0.1) is 0 Å². The molecule has 0 spiro atoms. The molecule has 6 heteroatoms. The maximum absolute atomic E-state index is 13.3. The van der Waals surface area contributed by atoms with Gasteiger partial charge in [0.25, 0.3) is 0 Å². The Bertz CT molecular complexity index is 1340. The summed E-state index contributed by atoms with van der Waals surface area (Å²) in [6, 6.07) is 21.4. The molecule has 1 amide bonds. The molecule has 5 rings (SSSR count). The molecule has 0 fully saturated rings. The summed E-state index contributed by atoms with van der Waals surface area (Å²) in [5, 5.41) is 0. The molecule has 0 bridgehead atoms. The second-order valence-electron chi connectivity index (χ2n) is 8.95. The van der Waals surface area contributed by atoms with Gasteiger partial charge in [0, 0.05) is 18.0 Å². The van der Waals surface area contributed by atoms with Crippen molar-refractivity contribution in [2.75, 3.05) is 18.6 Å². The van der Waals surface area contributed by atoms with E-state index in [4.69, 9.17) is 14.2 Å². The normalized spacial score (nSPS) is 17.3. The Morgan fingerprint density at radius 3 is 2.46 bits per heavy atom. The van der Waals surface area contributed by atoms with Crippen LogP contribution in [0.4, 0.5) is 5.69 Å². The summed E-state index contributed by atoms with van der Waals surface area (Å²) in [6.07, 6.45) is 0.161. The predicted molar refractivity (Wildman–Crippen MR) is 133 cm³/mol. The number of rotatable bonds is 6. The topological polar surface area (TPSA) is 65.1 Å². The van der Waals surface area contributed by atoms with Crippen LogP contribution in [0.25, 0.3) is 0 Å². The van der Waals surface area contributed by atoms with Crippen molar-refractivity contribution in [3.05, 3.63) is 100 Å². The number of esters is 1. The van der Waals surface area contributed by atoms with Gasteiger partial charge in [0.2, 0.25) is 5.91 Å². The Morgan fingerprint density at radius 1 is 0.943 bits per heavy atom. The van der Waals surface area contributed by atoms with E-state index in [-0.39, 0.29) is 24.9 Å². The van der Waals surface area contributed by atoms with Crippen LogP contribution in [-0.4, -0.2) is 25.6 Å². The minimum Gasteiger partial charge on any atom is -0.493 e. The zero-order chi connectivity index (χ0) is 24.5. The Labute approximate surface area is 204 Å². The minimum absolute atomic E-state index is 0.0728. The minimum atomic E-state index is -0.409. The second-order valence-corrected chi connectivity index (χ2v) is 8.95. The maximum Gasteiger partial charge on any atom is 0.336 e. The number of methoxy groups -OCH3 is 1. The molecule has 178 valence electrons. The first-order valence-electron chi connectivity index (χ1n) is 11.6. The molecule has 0 saturated heterocycles. The molecule has 1 atom stereocenters. The molecule has 35 heavy (non-hydrogen) atoms. The van der Waals surface area contributed by atoms with Crippen LogP contribution in [0, 0.1) is 13.8 Å². The highest BCUT2D eigenvalue weighted by Crippen LogP contribution is 2.43. The number of carbonyl (C=O) groups excluding carboxylic acids is 2. The summed E-state index contributed by atoms with van der Waals surface area (Å²) < 4.78 is 17.0. The highest BCUT2D eigenvalue weighted by molar-refractivity contribution is 6.06. The highest BCUT2D eigenvalue weighted by atomic mass is 16.5. The number of benzene rings is 3. The lowest BCUT2D eigenvalue weighted by Gasteiger charge is -2.32. The Hall–Kier alpha value is -4.06. The van der Waals surface area contributed by atoms with Crippen LogP contribution in [0.3, 0.4) is 0 Å². The lowest BCUT2D eigenvalue weighted by atomic mass is 9.84. The molecular formula is C29H27NO5. The third-order valence-corrected chi connectivity index (χ3v) is 6.44. The van der Waals surface area contributed by atoms with Crippen molar-refractivity contribution in [3.8, 4) is 11.5 Å². The van der Waals surface area contributed by atoms with Gasteiger partial charge in [-0.05, 0) is 54.8 Å². The fourth-order valence-electron chi connectivity index (χ4n) is 4.79. The monoisotopic (exact) mass is 469 g/mol. The zero-order valence-electron chi connectivity index (χ0n) is 20.0.